The molecular weight excluding hydrogens is 362 g/mol. The first-order chi connectivity index (χ1) is 13.0. The summed E-state index contributed by atoms with van der Waals surface area (Å²) in [7, 11) is -3.09. The number of ether oxygens (including phenoxy) is 1. The molecule has 3 rings (SSSR count). The summed E-state index contributed by atoms with van der Waals surface area (Å²) in [4.78, 5) is 14.9. The third-order valence-corrected chi connectivity index (χ3v) is 6.41. The van der Waals surface area contributed by atoms with E-state index < -0.39 is 9.84 Å². The number of benzene rings is 2. The molecule has 0 bridgehead atoms. The fourth-order valence-corrected chi connectivity index (χ4v) is 5.00. The van der Waals surface area contributed by atoms with Gasteiger partial charge in [0.1, 0.15) is 5.75 Å². The van der Waals surface area contributed by atoms with Gasteiger partial charge in [0.15, 0.2) is 9.84 Å². The van der Waals surface area contributed by atoms with E-state index in [1.165, 1.54) is 0 Å². The number of carbonyl (C=O) groups excluding carboxylic acids is 1. The SMILES string of the molecule is CCCOc1cccc(C(=O)N(Cc2ccccc2)[C@@H]2CCS(=O)(=O)C2)c1. The van der Waals surface area contributed by atoms with Gasteiger partial charge in [-0.2, -0.15) is 0 Å². The number of nitrogens with zero attached hydrogens (tertiary/aromatic N) is 1. The Balaban J connectivity index is 1.86. The molecule has 0 unspecified atom stereocenters. The van der Waals surface area contributed by atoms with Crippen LogP contribution in [-0.4, -0.2) is 43.4 Å². The number of carbonyl (C=O) groups is 1. The topological polar surface area (TPSA) is 63.7 Å². The molecule has 0 saturated carbocycles. The van der Waals surface area contributed by atoms with Crippen molar-refractivity contribution < 1.29 is 17.9 Å². The van der Waals surface area contributed by atoms with Gasteiger partial charge in [-0.05, 0) is 36.6 Å². The molecule has 1 atom stereocenters. The Morgan fingerprint density at radius 3 is 2.59 bits per heavy atom. The Morgan fingerprint density at radius 2 is 1.93 bits per heavy atom. The fourth-order valence-electron chi connectivity index (χ4n) is 3.27. The van der Waals surface area contributed by atoms with Crippen molar-refractivity contribution in [3.63, 3.8) is 0 Å². The van der Waals surface area contributed by atoms with Crippen LogP contribution in [0.4, 0.5) is 0 Å². The van der Waals surface area contributed by atoms with Crippen molar-refractivity contribution in [2.45, 2.75) is 32.4 Å². The van der Waals surface area contributed by atoms with E-state index in [0.29, 0.717) is 30.9 Å². The predicted octanol–water partition coefficient (Wildman–Crippen LogP) is 3.30. The Kier molecular flexibility index (Phi) is 6.16. The minimum atomic E-state index is -3.09. The molecule has 1 aliphatic rings. The van der Waals surface area contributed by atoms with Crippen LogP contribution in [0.2, 0.25) is 0 Å². The predicted molar refractivity (Wildman–Crippen MR) is 106 cm³/mol. The highest BCUT2D eigenvalue weighted by Gasteiger charge is 2.35. The first-order valence-electron chi connectivity index (χ1n) is 9.26. The van der Waals surface area contributed by atoms with E-state index in [0.717, 1.165) is 12.0 Å². The van der Waals surface area contributed by atoms with Crippen LogP contribution < -0.4 is 4.74 Å². The molecule has 1 saturated heterocycles. The summed E-state index contributed by atoms with van der Waals surface area (Å²) in [6.07, 6.45) is 1.37. The fraction of sp³-hybridized carbons (Fsp3) is 0.381. The molecule has 0 aromatic heterocycles. The van der Waals surface area contributed by atoms with E-state index >= 15 is 0 Å². The minimum absolute atomic E-state index is 0.0254. The molecule has 1 fully saturated rings. The minimum Gasteiger partial charge on any atom is -0.494 e. The van der Waals surface area contributed by atoms with Gasteiger partial charge in [0.2, 0.25) is 0 Å². The lowest BCUT2D eigenvalue weighted by Gasteiger charge is -2.28. The van der Waals surface area contributed by atoms with Crippen molar-refractivity contribution in [1.29, 1.82) is 0 Å². The standard InChI is InChI=1S/C21H25NO4S/c1-2-12-26-20-10-6-9-18(14-20)21(23)22(15-17-7-4-3-5-8-17)19-11-13-27(24,25)16-19/h3-10,14,19H,2,11-13,15-16H2,1H3/t19-/m1/s1. The maximum absolute atomic E-state index is 13.2. The van der Waals surface area contributed by atoms with Crippen LogP contribution in [0.3, 0.4) is 0 Å². The average molecular weight is 388 g/mol. The van der Waals surface area contributed by atoms with Crippen LogP contribution in [0.1, 0.15) is 35.7 Å². The van der Waals surface area contributed by atoms with Crippen molar-refractivity contribution >= 4 is 15.7 Å². The van der Waals surface area contributed by atoms with E-state index in [2.05, 4.69) is 0 Å². The largest absolute Gasteiger partial charge is 0.494 e. The molecule has 27 heavy (non-hydrogen) atoms. The highest BCUT2D eigenvalue weighted by Crippen LogP contribution is 2.24. The molecule has 1 aliphatic heterocycles. The van der Waals surface area contributed by atoms with Crippen molar-refractivity contribution in [3.05, 3.63) is 65.7 Å². The Morgan fingerprint density at radius 1 is 1.15 bits per heavy atom. The van der Waals surface area contributed by atoms with E-state index in [1.54, 1.807) is 23.1 Å². The summed E-state index contributed by atoms with van der Waals surface area (Å²) in [5.74, 6) is 0.650. The lowest BCUT2D eigenvalue weighted by atomic mass is 10.1. The van der Waals surface area contributed by atoms with Crippen LogP contribution >= 0.6 is 0 Å². The van der Waals surface area contributed by atoms with E-state index in [1.807, 2.05) is 43.3 Å². The lowest BCUT2D eigenvalue weighted by molar-refractivity contribution is 0.0680. The average Bonchev–Trinajstić information content (AvgIpc) is 3.04. The molecule has 0 aliphatic carbocycles. The van der Waals surface area contributed by atoms with Crippen LogP contribution in [0, 0.1) is 0 Å². The van der Waals surface area contributed by atoms with Crippen molar-refractivity contribution in [3.8, 4) is 5.75 Å². The van der Waals surface area contributed by atoms with Crippen molar-refractivity contribution in [1.82, 2.24) is 4.90 Å². The Bertz CT molecular complexity index is 880. The monoisotopic (exact) mass is 387 g/mol. The lowest BCUT2D eigenvalue weighted by Crippen LogP contribution is -2.40. The zero-order valence-corrected chi connectivity index (χ0v) is 16.3. The first kappa shape index (κ1) is 19.4. The Hall–Kier alpha value is -2.34. The highest BCUT2D eigenvalue weighted by molar-refractivity contribution is 7.91. The van der Waals surface area contributed by atoms with Gasteiger partial charge in [-0.3, -0.25) is 4.79 Å². The van der Waals surface area contributed by atoms with Crippen LogP contribution in [0.5, 0.6) is 5.75 Å². The van der Waals surface area contributed by atoms with Crippen LogP contribution in [0.25, 0.3) is 0 Å². The molecule has 1 heterocycles. The molecule has 144 valence electrons. The van der Waals surface area contributed by atoms with Crippen LogP contribution in [-0.2, 0) is 16.4 Å². The zero-order chi connectivity index (χ0) is 19.3. The molecule has 0 spiro atoms. The molecule has 6 heteroatoms. The van der Waals surface area contributed by atoms with Gasteiger partial charge >= 0.3 is 0 Å². The second kappa shape index (κ2) is 8.57. The Labute approximate surface area is 160 Å². The first-order valence-corrected chi connectivity index (χ1v) is 11.1. The maximum atomic E-state index is 13.2. The summed E-state index contributed by atoms with van der Waals surface area (Å²) in [6.45, 7) is 3.00. The molecule has 2 aromatic carbocycles. The smallest absolute Gasteiger partial charge is 0.254 e. The number of sulfone groups is 1. The normalized spacial score (nSPS) is 18.2. The summed E-state index contributed by atoms with van der Waals surface area (Å²) >= 11 is 0. The van der Waals surface area contributed by atoms with Crippen molar-refractivity contribution in [2.75, 3.05) is 18.1 Å². The number of amides is 1. The number of hydrogen-bond acceptors (Lipinski definition) is 4. The molecular formula is C21H25NO4S. The van der Waals surface area contributed by atoms with E-state index in [4.69, 9.17) is 4.74 Å². The van der Waals surface area contributed by atoms with Crippen molar-refractivity contribution in [2.24, 2.45) is 0 Å². The summed E-state index contributed by atoms with van der Waals surface area (Å²) < 4.78 is 29.6. The third-order valence-electron chi connectivity index (χ3n) is 4.66. The van der Waals surface area contributed by atoms with Gasteiger partial charge in [0.25, 0.3) is 5.91 Å². The number of hydrogen-bond donors (Lipinski definition) is 0. The highest BCUT2D eigenvalue weighted by atomic mass is 32.2. The van der Waals surface area contributed by atoms with Gasteiger partial charge < -0.3 is 9.64 Å². The van der Waals surface area contributed by atoms with Gasteiger partial charge in [0.05, 0.1) is 18.1 Å². The third kappa shape index (κ3) is 5.10. The van der Waals surface area contributed by atoms with E-state index in [-0.39, 0.29) is 23.5 Å². The summed E-state index contributed by atoms with van der Waals surface area (Å²) in [5, 5.41) is 0. The molecule has 2 aromatic rings. The summed E-state index contributed by atoms with van der Waals surface area (Å²) in [5.41, 5.74) is 1.50. The second-order valence-corrected chi connectivity index (χ2v) is 9.08. The summed E-state index contributed by atoms with van der Waals surface area (Å²) in [6, 6.07) is 16.5. The van der Waals surface area contributed by atoms with Gasteiger partial charge in [-0.1, -0.05) is 43.3 Å². The maximum Gasteiger partial charge on any atom is 0.254 e. The van der Waals surface area contributed by atoms with Gasteiger partial charge in [-0.15, -0.1) is 0 Å². The quantitative estimate of drug-likeness (QED) is 0.731. The second-order valence-electron chi connectivity index (χ2n) is 6.85. The molecule has 0 radical (unpaired) electrons. The van der Waals surface area contributed by atoms with Gasteiger partial charge in [0, 0.05) is 18.2 Å². The van der Waals surface area contributed by atoms with Crippen LogP contribution in [0.15, 0.2) is 54.6 Å². The number of rotatable bonds is 7. The molecule has 1 amide bonds. The molecule has 0 N–H and O–H groups in total. The van der Waals surface area contributed by atoms with Gasteiger partial charge in [-0.25, -0.2) is 8.42 Å². The zero-order valence-electron chi connectivity index (χ0n) is 15.5. The van der Waals surface area contributed by atoms with E-state index in [9.17, 15) is 13.2 Å². The molecule has 5 nitrogen and oxygen atoms in total.